The molecule has 2 aliphatic rings. The van der Waals surface area contributed by atoms with Crippen LogP contribution in [0, 0.1) is 11.8 Å². The van der Waals surface area contributed by atoms with Crippen molar-refractivity contribution in [3.63, 3.8) is 0 Å². The third-order valence-electron chi connectivity index (χ3n) is 4.64. The first-order valence-corrected chi connectivity index (χ1v) is 7.37. The Kier molecular flexibility index (Phi) is 3.57. The van der Waals surface area contributed by atoms with E-state index >= 15 is 0 Å². The van der Waals surface area contributed by atoms with E-state index in [1.807, 2.05) is 6.07 Å². The Hall–Kier alpha value is -2.04. The highest BCUT2D eigenvalue weighted by Crippen LogP contribution is 2.33. The van der Waals surface area contributed by atoms with Crippen molar-refractivity contribution in [1.82, 2.24) is 4.90 Å². The number of phenols is 1. The standard InChI is InChI=1S/C16H19NO4/c18-14-4-3-10-5-6-17(9-13(10)8-14)15(19)11-1-2-12(7-11)16(20)21/h3-4,8,11-12,18H,1-2,5-7,9H2,(H,20,21)/t11-,12+/m1/s1. The van der Waals surface area contributed by atoms with E-state index in [1.54, 1.807) is 17.0 Å². The van der Waals surface area contributed by atoms with Gasteiger partial charge in [0.2, 0.25) is 5.91 Å². The highest BCUT2D eigenvalue weighted by atomic mass is 16.4. The van der Waals surface area contributed by atoms with Crippen LogP contribution in [0.3, 0.4) is 0 Å². The third kappa shape index (κ3) is 2.73. The van der Waals surface area contributed by atoms with Crippen LogP contribution in [0.5, 0.6) is 5.75 Å². The third-order valence-corrected chi connectivity index (χ3v) is 4.64. The van der Waals surface area contributed by atoms with E-state index < -0.39 is 5.97 Å². The van der Waals surface area contributed by atoms with Crippen LogP contribution in [0.1, 0.15) is 30.4 Å². The number of amides is 1. The smallest absolute Gasteiger partial charge is 0.306 e. The number of aliphatic carboxylic acids is 1. The zero-order valence-corrected chi connectivity index (χ0v) is 11.8. The summed E-state index contributed by atoms with van der Waals surface area (Å²) in [5.74, 6) is -1.05. The van der Waals surface area contributed by atoms with Crippen molar-refractivity contribution in [2.75, 3.05) is 6.54 Å². The van der Waals surface area contributed by atoms with Crippen LogP contribution >= 0.6 is 0 Å². The Balaban J connectivity index is 1.69. The second kappa shape index (κ2) is 5.39. The van der Waals surface area contributed by atoms with Crippen molar-refractivity contribution in [1.29, 1.82) is 0 Å². The second-order valence-electron chi connectivity index (χ2n) is 6.01. The number of hydrogen-bond acceptors (Lipinski definition) is 3. The maximum atomic E-state index is 12.5. The number of rotatable bonds is 2. The van der Waals surface area contributed by atoms with Gasteiger partial charge in [-0.15, -0.1) is 0 Å². The van der Waals surface area contributed by atoms with E-state index in [2.05, 4.69) is 0 Å². The van der Waals surface area contributed by atoms with Crippen molar-refractivity contribution >= 4 is 11.9 Å². The molecule has 1 fully saturated rings. The van der Waals surface area contributed by atoms with Crippen LogP contribution in [0.2, 0.25) is 0 Å². The largest absolute Gasteiger partial charge is 0.508 e. The van der Waals surface area contributed by atoms with E-state index in [-0.39, 0.29) is 23.5 Å². The minimum Gasteiger partial charge on any atom is -0.508 e. The predicted molar refractivity (Wildman–Crippen MR) is 75.7 cm³/mol. The Morgan fingerprint density at radius 3 is 2.62 bits per heavy atom. The topological polar surface area (TPSA) is 77.8 Å². The lowest BCUT2D eigenvalue weighted by Gasteiger charge is -2.31. The van der Waals surface area contributed by atoms with Crippen molar-refractivity contribution < 1.29 is 19.8 Å². The number of carbonyl (C=O) groups is 2. The van der Waals surface area contributed by atoms with E-state index in [4.69, 9.17) is 5.11 Å². The second-order valence-corrected chi connectivity index (χ2v) is 6.01. The van der Waals surface area contributed by atoms with Gasteiger partial charge < -0.3 is 15.1 Å². The molecule has 3 rings (SSSR count). The van der Waals surface area contributed by atoms with Gasteiger partial charge in [-0.3, -0.25) is 9.59 Å². The maximum Gasteiger partial charge on any atom is 0.306 e. The molecule has 1 heterocycles. The zero-order valence-electron chi connectivity index (χ0n) is 11.8. The van der Waals surface area contributed by atoms with Crippen molar-refractivity contribution in [3.8, 4) is 5.75 Å². The van der Waals surface area contributed by atoms with Crippen LogP contribution in [0.15, 0.2) is 18.2 Å². The van der Waals surface area contributed by atoms with Crippen molar-refractivity contribution in [2.24, 2.45) is 11.8 Å². The highest BCUT2D eigenvalue weighted by Gasteiger charge is 2.36. The molecule has 0 saturated heterocycles. The fraction of sp³-hybridized carbons (Fsp3) is 0.500. The summed E-state index contributed by atoms with van der Waals surface area (Å²) in [5, 5.41) is 18.6. The number of fused-ring (bicyclic) bond motifs is 1. The number of hydrogen-bond donors (Lipinski definition) is 2. The molecule has 5 nitrogen and oxygen atoms in total. The highest BCUT2D eigenvalue weighted by molar-refractivity contribution is 5.81. The first-order valence-electron chi connectivity index (χ1n) is 7.37. The lowest BCUT2D eigenvalue weighted by atomic mass is 9.97. The maximum absolute atomic E-state index is 12.5. The Morgan fingerprint density at radius 2 is 1.90 bits per heavy atom. The molecule has 21 heavy (non-hydrogen) atoms. The molecule has 0 unspecified atom stereocenters. The Labute approximate surface area is 123 Å². The molecule has 1 aliphatic carbocycles. The van der Waals surface area contributed by atoms with E-state index in [0.29, 0.717) is 32.4 Å². The monoisotopic (exact) mass is 289 g/mol. The predicted octanol–water partition coefficient (Wildman–Crippen LogP) is 1.78. The molecule has 1 aliphatic heterocycles. The summed E-state index contributed by atoms with van der Waals surface area (Å²) in [7, 11) is 0. The molecule has 1 aromatic carbocycles. The van der Waals surface area contributed by atoms with Crippen LogP contribution in [0.4, 0.5) is 0 Å². The molecule has 112 valence electrons. The molecule has 0 bridgehead atoms. The summed E-state index contributed by atoms with van der Waals surface area (Å²) in [6.45, 7) is 1.18. The van der Waals surface area contributed by atoms with Crippen LogP contribution in [-0.2, 0) is 22.6 Å². The van der Waals surface area contributed by atoms with E-state index in [0.717, 1.165) is 12.0 Å². The molecule has 0 radical (unpaired) electrons. The number of nitrogens with zero attached hydrogens (tertiary/aromatic N) is 1. The van der Waals surface area contributed by atoms with Crippen LogP contribution < -0.4 is 0 Å². The Morgan fingerprint density at radius 1 is 1.14 bits per heavy atom. The zero-order chi connectivity index (χ0) is 15.0. The van der Waals surface area contributed by atoms with Crippen LogP contribution in [0.25, 0.3) is 0 Å². The first kappa shape index (κ1) is 13.9. The molecule has 1 amide bonds. The number of carbonyl (C=O) groups excluding carboxylic acids is 1. The Bertz CT molecular complexity index is 584. The lowest BCUT2D eigenvalue weighted by molar-refractivity contribution is -0.141. The van der Waals surface area contributed by atoms with Gasteiger partial charge in [0.25, 0.3) is 0 Å². The first-order chi connectivity index (χ1) is 10.0. The number of phenolic OH excluding ortho intramolecular Hbond substituents is 1. The number of carboxylic acids is 1. The summed E-state index contributed by atoms with van der Waals surface area (Å²) in [6, 6.07) is 5.29. The van der Waals surface area contributed by atoms with Gasteiger partial charge in [-0.1, -0.05) is 6.07 Å². The minimum atomic E-state index is -0.792. The van der Waals surface area contributed by atoms with E-state index in [1.165, 1.54) is 5.56 Å². The quantitative estimate of drug-likeness (QED) is 0.870. The molecule has 0 spiro atoms. The summed E-state index contributed by atoms with van der Waals surface area (Å²) in [6.07, 6.45) is 2.50. The molecular formula is C16H19NO4. The van der Waals surface area contributed by atoms with Gasteiger partial charge >= 0.3 is 5.97 Å². The van der Waals surface area contributed by atoms with Crippen molar-refractivity contribution in [3.05, 3.63) is 29.3 Å². The molecular weight excluding hydrogens is 270 g/mol. The lowest BCUT2D eigenvalue weighted by Crippen LogP contribution is -2.39. The molecule has 0 aromatic heterocycles. The fourth-order valence-electron chi connectivity index (χ4n) is 3.42. The summed E-state index contributed by atoms with van der Waals surface area (Å²) in [4.78, 5) is 25.3. The van der Waals surface area contributed by atoms with Gasteiger partial charge in [0.15, 0.2) is 0 Å². The molecule has 5 heteroatoms. The van der Waals surface area contributed by atoms with Gasteiger partial charge in [0.1, 0.15) is 5.75 Å². The number of carboxylic acid groups (broad SMARTS) is 1. The molecule has 2 atom stereocenters. The van der Waals surface area contributed by atoms with Gasteiger partial charge in [-0.05, 0) is 48.9 Å². The van der Waals surface area contributed by atoms with Crippen LogP contribution in [-0.4, -0.2) is 33.5 Å². The number of aromatic hydroxyl groups is 1. The molecule has 2 N–H and O–H groups in total. The normalized spacial score (nSPS) is 24.7. The molecule has 1 saturated carbocycles. The molecule has 1 aromatic rings. The summed E-state index contributed by atoms with van der Waals surface area (Å²) < 4.78 is 0. The summed E-state index contributed by atoms with van der Waals surface area (Å²) in [5.41, 5.74) is 2.16. The number of benzene rings is 1. The SMILES string of the molecule is O=C(O)[C@H]1CC[C@@H](C(=O)N2CCc3ccc(O)cc3C2)C1. The summed E-state index contributed by atoms with van der Waals surface area (Å²) >= 11 is 0. The van der Waals surface area contributed by atoms with E-state index in [9.17, 15) is 14.7 Å². The average Bonchev–Trinajstić information content (AvgIpc) is 2.95. The average molecular weight is 289 g/mol. The van der Waals surface area contributed by atoms with Gasteiger partial charge in [-0.2, -0.15) is 0 Å². The van der Waals surface area contributed by atoms with Gasteiger partial charge in [0.05, 0.1) is 5.92 Å². The fourth-order valence-corrected chi connectivity index (χ4v) is 3.42. The minimum absolute atomic E-state index is 0.0627. The van der Waals surface area contributed by atoms with Gasteiger partial charge in [0, 0.05) is 19.0 Å². The van der Waals surface area contributed by atoms with Crippen molar-refractivity contribution in [2.45, 2.75) is 32.2 Å². The van der Waals surface area contributed by atoms with Gasteiger partial charge in [-0.25, -0.2) is 0 Å².